The van der Waals surface area contributed by atoms with Crippen LogP contribution < -0.4 is 10.1 Å². The lowest BCUT2D eigenvalue weighted by atomic mass is 9.96. The Bertz CT molecular complexity index is 721. The minimum atomic E-state index is -0.0996. The summed E-state index contributed by atoms with van der Waals surface area (Å²) in [6.45, 7) is 8.24. The number of hydrogen-bond acceptors (Lipinski definition) is 2. The van der Waals surface area contributed by atoms with Crippen molar-refractivity contribution in [1.29, 1.82) is 0 Å². The van der Waals surface area contributed by atoms with Crippen molar-refractivity contribution in [2.24, 2.45) is 0 Å². The molecule has 3 nitrogen and oxygen atoms in total. The van der Waals surface area contributed by atoms with E-state index in [1.54, 1.807) is 7.11 Å². The van der Waals surface area contributed by atoms with Gasteiger partial charge in [-0.25, -0.2) is 0 Å². The summed E-state index contributed by atoms with van der Waals surface area (Å²) in [5, 5.41) is 2.96. The third-order valence-corrected chi connectivity index (χ3v) is 3.94. The number of benzene rings is 2. The molecule has 0 spiro atoms. The highest BCUT2D eigenvalue weighted by Crippen LogP contribution is 2.24. The molecule has 0 heterocycles. The molecule has 2 rings (SSSR count). The second-order valence-corrected chi connectivity index (χ2v) is 6.33. The Morgan fingerprint density at radius 2 is 1.54 bits per heavy atom. The molecule has 0 atom stereocenters. The Labute approximate surface area is 144 Å². The maximum Gasteiger partial charge on any atom is 0.256 e. The summed E-state index contributed by atoms with van der Waals surface area (Å²) < 4.78 is 5.14. The van der Waals surface area contributed by atoms with Crippen molar-refractivity contribution < 1.29 is 9.53 Å². The number of nitrogens with one attached hydrogen (secondary N) is 1. The monoisotopic (exact) mass is 323 g/mol. The molecule has 3 heteroatoms. The van der Waals surface area contributed by atoms with Crippen LogP contribution in [0.4, 0.5) is 5.69 Å². The molecule has 0 unspecified atom stereocenters. The average Bonchev–Trinajstić information content (AvgIpc) is 2.56. The van der Waals surface area contributed by atoms with Crippen LogP contribution in [0.25, 0.3) is 5.57 Å². The topological polar surface area (TPSA) is 38.3 Å². The van der Waals surface area contributed by atoms with Gasteiger partial charge in [0.1, 0.15) is 5.75 Å². The molecule has 24 heavy (non-hydrogen) atoms. The third kappa shape index (κ3) is 4.25. The summed E-state index contributed by atoms with van der Waals surface area (Å²) in [4.78, 5) is 12.7. The van der Waals surface area contributed by atoms with Crippen LogP contribution in [0.2, 0.25) is 0 Å². The lowest BCUT2D eigenvalue weighted by Gasteiger charge is -2.13. The van der Waals surface area contributed by atoms with Gasteiger partial charge in [-0.2, -0.15) is 0 Å². The Hall–Kier alpha value is -2.55. The Balaban J connectivity index is 2.23. The average molecular weight is 323 g/mol. The maximum atomic E-state index is 12.7. The fraction of sp³-hybridized carbons (Fsp3) is 0.286. The first kappa shape index (κ1) is 17.8. The lowest BCUT2D eigenvalue weighted by molar-refractivity contribution is -0.111. The maximum absolute atomic E-state index is 12.7. The SMILES string of the molecule is COc1ccc(NC(=O)C(=C(C)C)c2ccc(C(C)C)cc2)cc1. The van der Waals surface area contributed by atoms with Crippen molar-refractivity contribution in [2.45, 2.75) is 33.6 Å². The van der Waals surface area contributed by atoms with Gasteiger partial charge >= 0.3 is 0 Å². The van der Waals surface area contributed by atoms with E-state index < -0.39 is 0 Å². The fourth-order valence-corrected chi connectivity index (χ4v) is 2.55. The molecule has 0 aliphatic carbocycles. The molecular formula is C21H25NO2. The number of methoxy groups -OCH3 is 1. The molecule has 0 aliphatic heterocycles. The number of rotatable bonds is 5. The normalized spacial score (nSPS) is 10.4. The van der Waals surface area contributed by atoms with E-state index in [1.807, 2.05) is 50.2 Å². The molecular weight excluding hydrogens is 298 g/mol. The van der Waals surface area contributed by atoms with Crippen molar-refractivity contribution in [1.82, 2.24) is 0 Å². The highest BCUT2D eigenvalue weighted by atomic mass is 16.5. The number of carbonyl (C=O) groups excluding carboxylic acids is 1. The van der Waals surface area contributed by atoms with Gasteiger partial charge in [0.15, 0.2) is 0 Å². The van der Waals surface area contributed by atoms with Gasteiger partial charge in [-0.3, -0.25) is 4.79 Å². The summed E-state index contributed by atoms with van der Waals surface area (Å²) >= 11 is 0. The van der Waals surface area contributed by atoms with E-state index in [2.05, 4.69) is 31.3 Å². The molecule has 0 radical (unpaired) electrons. The predicted molar refractivity (Wildman–Crippen MR) is 100 cm³/mol. The smallest absolute Gasteiger partial charge is 0.256 e. The first-order valence-electron chi connectivity index (χ1n) is 8.15. The molecule has 0 fully saturated rings. The first-order chi connectivity index (χ1) is 11.4. The van der Waals surface area contributed by atoms with Gasteiger partial charge in [0, 0.05) is 11.3 Å². The van der Waals surface area contributed by atoms with Crippen LogP contribution in [0.5, 0.6) is 5.75 Å². The molecule has 0 saturated heterocycles. The molecule has 2 aromatic carbocycles. The number of anilines is 1. The van der Waals surface area contributed by atoms with Gasteiger partial charge in [0.25, 0.3) is 5.91 Å². The van der Waals surface area contributed by atoms with Gasteiger partial charge in [-0.15, -0.1) is 0 Å². The van der Waals surface area contributed by atoms with E-state index in [9.17, 15) is 4.79 Å². The minimum absolute atomic E-state index is 0.0996. The summed E-state index contributed by atoms with van der Waals surface area (Å²) in [6, 6.07) is 15.5. The van der Waals surface area contributed by atoms with Gasteiger partial charge in [0.2, 0.25) is 0 Å². The largest absolute Gasteiger partial charge is 0.497 e. The zero-order valence-electron chi connectivity index (χ0n) is 15.0. The van der Waals surface area contributed by atoms with E-state index in [1.165, 1.54) is 5.56 Å². The molecule has 0 aromatic heterocycles. The van der Waals surface area contributed by atoms with Crippen molar-refractivity contribution in [2.75, 3.05) is 12.4 Å². The second-order valence-electron chi connectivity index (χ2n) is 6.33. The van der Waals surface area contributed by atoms with E-state index in [4.69, 9.17) is 4.74 Å². The van der Waals surface area contributed by atoms with E-state index >= 15 is 0 Å². The zero-order chi connectivity index (χ0) is 17.7. The Kier molecular flexibility index (Phi) is 5.80. The summed E-state index contributed by atoms with van der Waals surface area (Å²) in [5.41, 5.74) is 4.64. The molecule has 1 amide bonds. The molecule has 2 aromatic rings. The van der Waals surface area contributed by atoms with Crippen molar-refractivity contribution in [3.8, 4) is 5.75 Å². The van der Waals surface area contributed by atoms with Gasteiger partial charge < -0.3 is 10.1 Å². The summed E-state index contributed by atoms with van der Waals surface area (Å²) in [5.74, 6) is 1.14. The van der Waals surface area contributed by atoms with Gasteiger partial charge in [0.05, 0.1) is 7.11 Å². The molecule has 1 N–H and O–H groups in total. The zero-order valence-corrected chi connectivity index (χ0v) is 15.0. The number of carbonyl (C=O) groups is 1. The molecule has 0 bridgehead atoms. The van der Waals surface area contributed by atoms with Gasteiger partial charge in [-0.1, -0.05) is 43.7 Å². The van der Waals surface area contributed by atoms with E-state index in [-0.39, 0.29) is 5.91 Å². The minimum Gasteiger partial charge on any atom is -0.497 e. The number of hydrogen-bond donors (Lipinski definition) is 1. The number of allylic oxidation sites excluding steroid dienone is 1. The van der Waals surface area contributed by atoms with Crippen LogP contribution in [-0.2, 0) is 4.79 Å². The third-order valence-electron chi connectivity index (χ3n) is 3.94. The van der Waals surface area contributed by atoms with Crippen LogP contribution in [-0.4, -0.2) is 13.0 Å². The Morgan fingerprint density at radius 3 is 2.00 bits per heavy atom. The Morgan fingerprint density at radius 1 is 0.958 bits per heavy atom. The van der Waals surface area contributed by atoms with Crippen LogP contribution in [0.15, 0.2) is 54.1 Å². The van der Waals surface area contributed by atoms with Gasteiger partial charge in [-0.05, 0) is 55.2 Å². The lowest BCUT2D eigenvalue weighted by Crippen LogP contribution is -2.14. The molecule has 126 valence electrons. The van der Waals surface area contributed by atoms with E-state index in [0.29, 0.717) is 11.5 Å². The predicted octanol–water partition coefficient (Wildman–Crippen LogP) is 5.25. The number of ether oxygens (including phenoxy) is 1. The van der Waals surface area contributed by atoms with Crippen LogP contribution in [0.1, 0.15) is 44.7 Å². The molecule has 0 saturated carbocycles. The fourth-order valence-electron chi connectivity index (χ4n) is 2.55. The van der Waals surface area contributed by atoms with Crippen LogP contribution >= 0.6 is 0 Å². The highest BCUT2D eigenvalue weighted by molar-refractivity contribution is 6.25. The highest BCUT2D eigenvalue weighted by Gasteiger charge is 2.14. The first-order valence-corrected chi connectivity index (χ1v) is 8.15. The molecule has 0 aliphatic rings. The number of amides is 1. The van der Waals surface area contributed by atoms with Crippen molar-refractivity contribution in [3.05, 3.63) is 65.2 Å². The quantitative estimate of drug-likeness (QED) is 0.763. The van der Waals surface area contributed by atoms with Crippen LogP contribution in [0.3, 0.4) is 0 Å². The summed E-state index contributed by atoms with van der Waals surface area (Å²) in [7, 11) is 1.62. The van der Waals surface area contributed by atoms with Crippen LogP contribution in [0, 0.1) is 0 Å². The second kappa shape index (κ2) is 7.82. The van der Waals surface area contributed by atoms with Crippen molar-refractivity contribution >= 4 is 17.2 Å². The summed E-state index contributed by atoms with van der Waals surface area (Å²) in [6.07, 6.45) is 0. The van der Waals surface area contributed by atoms with E-state index in [0.717, 1.165) is 22.6 Å². The van der Waals surface area contributed by atoms with Crippen molar-refractivity contribution in [3.63, 3.8) is 0 Å². The standard InChI is InChI=1S/C21H25NO2/c1-14(2)16-6-8-17(9-7-16)20(15(3)4)21(23)22-18-10-12-19(24-5)13-11-18/h6-14H,1-5H3,(H,22,23).